The van der Waals surface area contributed by atoms with Crippen LogP contribution in [0.4, 0.5) is 4.39 Å². The van der Waals surface area contributed by atoms with Gasteiger partial charge in [0.15, 0.2) is 0 Å². The average Bonchev–Trinajstić information content (AvgIpc) is 2.45. The fourth-order valence-corrected chi connectivity index (χ4v) is 3.47. The Hall–Kier alpha value is -1.95. The van der Waals surface area contributed by atoms with Gasteiger partial charge in [0, 0.05) is 13.1 Å². The van der Waals surface area contributed by atoms with Crippen LogP contribution in [0.2, 0.25) is 0 Å². The zero-order valence-electron chi connectivity index (χ0n) is 12.8. The number of morpholine rings is 1. The van der Waals surface area contributed by atoms with E-state index in [4.69, 9.17) is 9.84 Å². The van der Waals surface area contributed by atoms with Gasteiger partial charge >= 0.3 is 5.97 Å². The number of carboxylic acids is 1. The van der Waals surface area contributed by atoms with Crippen LogP contribution < -0.4 is 0 Å². The van der Waals surface area contributed by atoms with Crippen LogP contribution in [0.5, 0.6) is 0 Å². The van der Waals surface area contributed by atoms with E-state index in [9.17, 15) is 14.0 Å². The van der Waals surface area contributed by atoms with Crippen LogP contribution >= 0.6 is 0 Å². The largest absolute Gasteiger partial charge is 0.481 e. The molecule has 1 saturated heterocycles. The normalized spacial score (nSPS) is 23.2. The summed E-state index contributed by atoms with van der Waals surface area (Å²) in [5.41, 5.74) is 0.0581. The van der Waals surface area contributed by atoms with E-state index >= 15 is 0 Å². The highest BCUT2D eigenvalue weighted by atomic mass is 19.1. The van der Waals surface area contributed by atoms with Gasteiger partial charge in [0.25, 0.3) is 0 Å². The molecule has 1 heterocycles. The molecule has 0 spiro atoms. The van der Waals surface area contributed by atoms with Crippen LogP contribution in [0.25, 0.3) is 0 Å². The third kappa shape index (κ3) is 3.08. The quantitative estimate of drug-likeness (QED) is 0.920. The molecule has 0 bridgehead atoms. The van der Waals surface area contributed by atoms with Crippen molar-refractivity contribution >= 4 is 11.9 Å². The molecule has 6 heteroatoms. The highest BCUT2D eigenvalue weighted by Crippen LogP contribution is 2.45. The van der Waals surface area contributed by atoms with Crippen LogP contribution in [0, 0.1) is 5.82 Å². The lowest BCUT2D eigenvalue weighted by Gasteiger charge is -2.45. The summed E-state index contributed by atoms with van der Waals surface area (Å²) in [4.78, 5) is 25.6. The van der Waals surface area contributed by atoms with Gasteiger partial charge < -0.3 is 14.7 Å². The van der Waals surface area contributed by atoms with E-state index in [0.717, 1.165) is 12.0 Å². The van der Waals surface area contributed by atoms with E-state index in [1.807, 2.05) is 0 Å². The summed E-state index contributed by atoms with van der Waals surface area (Å²) in [5.74, 6) is -1.31. The standard InChI is InChI=1S/C17H20FNO4/c18-13-4-1-3-12(9-13)17(5-2-6-17)16(22)19-7-8-23-14(11-19)10-15(20)21/h1,3-4,9,14H,2,5-8,10-11H2,(H,20,21). The molecule has 1 unspecified atom stereocenters. The lowest BCUT2D eigenvalue weighted by atomic mass is 9.63. The molecule has 124 valence electrons. The molecular formula is C17H20FNO4. The maximum absolute atomic E-state index is 13.6. The Morgan fingerprint density at radius 3 is 2.78 bits per heavy atom. The minimum atomic E-state index is -0.937. The van der Waals surface area contributed by atoms with Crippen molar-refractivity contribution in [3.05, 3.63) is 35.6 Å². The zero-order valence-corrected chi connectivity index (χ0v) is 12.8. The number of nitrogens with zero attached hydrogens (tertiary/aromatic N) is 1. The van der Waals surface area contributed by atoms with Gasteiger partial charge in [-0.1, -0.05) is 18.6 Å². The van der Waals surface area contributed by atoms with Crippen molar-refractivity contribution in [1.29, 1.82) is 0 Å². The van der Waals surface area contributed by atoms with Crippen molar-refractivity contribution in [2.24, 2.45) is 0 Å². The smallest absolute Gasteiger partial charge is 0.306 e. The number of carbonyl (C=O) groups is 2. The predicted octanol–water partition coefficient (Wildman–Crippen LogP) is 1.95. The van der Waals surface area contributed by atoms with E-state index in [-0.39, 0.29) is 24.7 Å². The van der Waals surface area contributed by atoms with Crippen molar-refractivity contribution in [2.45, 2.75) is 37.2 Å². The summed E-state index contributed by atoms with van der Waals surface area (Å²) in [7, 11) is 0. The molecule has 1 aromatic rings. The SMILES string of the molecule is O=C(O)CC1CN(C(=O)C2(c3cccc(F)c3)CCC2)CCO1. The molecule has 1 aliphatic heterocycles. The number of ether oxygens (including phenoxy) is 1. The van der Waals surface area contributed by atoms with E-state index in [1.54, 1.807) is 17.0 Å². The number of carboxylic acid groups (broad SMARTS) is 1. The number of benzene rings is 1. The maximum Gasteiger partial charge on any atom is 0.306 e. The summed E-state index contributed by atoms with van der Waals surface area (Å²) in [6.07, 6.45) is 1.75. The molecular weight excluding hydrogens is 301 g/mol. The fraction of sp³-hybridized carbons (Fsp3) is 0.529. The second kappa shape index (κ2) is 6.28. The second-order valence-corrected chi connectivity index (χ2v) is 6.29. The number of carbonyl (C=O) groups excluding carboxylic acids is 1. The van der Waals surface area contributed by atoms with Gasteiger partial charge in [-0.05, 0) is 30.5 Å². The van der Waals surface area contributed by atoms with E-state index in [0.29, 0.717) is 26.0 Å². The molecule has 1 amide bonds. The van der Waals surface area contributed by atoms with Crippen LogP contribution in [0.3, 0.4) is 0 Å². The van der Waals surface area contributed by atoms with Crippen molar-refractivity contribution in [3.63, 3.8) is 0 Å². The van der Waals surface area contributed by atoms with Crippen molar-refractivity contribution < 1.29 is 23.8 Å². The van der Waals surface area contributed by atoms with Gasteiger partial charge in [-0.15, -0.1) is 0 Å². The minimum absolute atomic E-state index is 0.0342. The lowest BCUT2D eigenvalue weighted by Crippen LogP contribution is -2.55. The Morgan fingerprint density at radius 1 is 1.39 bits per heavy atom. The molecule has 1 aromatic carbocycles. The summed E-state index contributed by atoms with van der Waals surface area (Å²) in [6, 6.07) is 6.24. The topological polar surface area (TPSA) is 66.8 Å². The van der Waals surface area contributed by atoms with Gasteiger partial charge in [0.2, 0.25) is 5.91 Å². The minimum Gasteiger partial charge on any atom is -0.481 e. The van der Waals surface area contributed by atoms with Gasteiger partial charge in [0.1, 0.15) is 5.82 Å². The number of hydrogen-bond acceptors (Lipinski definition) is 3. The van der Waals surface area contributed by atoms with E-state index in [1.165, 1.54) is 12.1 Å². The van der Waals surface area contributed by atoms with Crippen LogP contribution in [0.15, 0.2) is 24.3 Å². The van der Waals surface area contributed by atoms with E-state index < -0.39 is 17.5 Å². The third-order valence-electron chi connectivity index (χ3n) is 4.82. The maximum atomic E-state index is 13.6. The molecule has 23 heavy (non-hydrogen) atoms. The van der Waals surface area contributed by atoms with Crippen molar-refractivity contribution in [2.75, 3.05) is 19.7 Å². The summed E-state index contributed by atoms with van der Waals surface area (Å²) in [5, 5.41) is 8.89. The molecule has 2 aliphatic rings. The van der Waals surface area contributed by atoms with Gasteiger partial charge in [0.05, 0.1) is 24.5 Å². The van der Waals surface area contributed by atoms with Crippen molar-refractivity contribution in [3.8, 4) is 0 Å². The molecule has 1 aliphatic carbocycles. The van der Waals surface area contributed by atoms with Crippen LogP contribution in [0.1, 0.15) is 31.2 Å². The number of aliphatic carboxylic acids is 1. The summed E-state index contributed by atoms with van der Waals surface area (Å²) >= 11 is 0. The zero-order chi connectivity index (χ0) is 16.4. The highest BCUT2D eigenvalue weighted by Gasteiger charge is 2.48. The molecule has 3 rings (SSSR count). The number of amides is 1. The predicted molar refractivity (Wildman–Crippen MR) is 80.5 cm³/mol. The number of hydrogen-bond donors (Lipinski definition) is 1. The first kappa shape index (κ1) is 15.9. The molecule has 1 saturated carbocycles. The summed E-state index contributed by atoms with van der Waals surface area (Å²) in [6.45, 7) is 1.07. The van der Waals surface area contributed by atoms with Gasteiger partial charge in [-0.25, -0.2) is 4.39 Å². The first-order chi connectivity index (χ1) is 11.0. The molecule has 0 aromatic heterocycles. The monoisotopic (exact) mass is 321 g/mol. The van der Waals surface area contributed by atoms with Crippen molar-refractivity contribution in [1.82, 2.24) is 4.90 Å². The molecule has 2 fully saturated rings. The fourth-order valence-electron chi connectivity index (χ4n) is 3.47. The molecule has 5 nitrogen and oxygen atoms in total. The van der Waals surface area contributed by atoms with Crippen LogP contribution in [-0.2, 0) is 19.7 Å². The number of rotatable bonds is 4. The summed E-state index contributed by atoms with van der Waals surface area (Å²) < 4.78 is 19.0. The first-order valence-electron chi connectivity index (χ1n) is 7.90. The van der Waals surface area contributed by atoms with Gasteiger partial charge in [-0.2, -0.15) is 0 Å². The third-order valence-corrected chi connectivity index (χ3v) is 4.82. The van der Waals surface area contributed by atoms with E-state index in [2.05, 4.69) is 0 Å². The first-order valence-corrected chi connectivity index (χ1v) is 7.90. The Morgan fingerprint density at radius 2 is 2.17 bits per heavy atom. The Labute approximate surface area is 134 Å². The second-order valence-electron chi connectivity index (χ2n) is 6.29. The molecule has 0 radical (unpaired) electrons. The number of halogens is 1. The molecule has 1 N–H and O–H groups in total. The Kier molecular flexibility index (Phi) is 4.35. The average molecular weight is 321 g/mol. The van der Waals surface area contributed by atoms with Crippen LogP contribution in [-0.4, -0.2) is 47.7 Å². The Balaban J connectivity index is 1.79. The van der Waals surface area contributed by atoms with Gasteiger partial charge in [-0.3, -0.25) is 9.59 Å². The Bertz CT molecular complexity index is 614. The molecule has 1 atom stereocenters. The highest BCUT2D eigenvalue weighted by molar-refractivity contribution is 5.89. The lowest BCUT2D eigenvalue weighted by molar-refractivity contribution is -0.153.